The molecule has 84 valence electrons. The van der Waals surface area contributed by atoms with E-state index in [1.54, 1.807) is 6.07 Å². The largest absolute Gasteiger partial charge is 0.416 e. The average Bonchev–Trinajstić information content (AvgIpc) is 2.68. The van der Waals surface area contributed by atoms with Gasteiger partial charge in [-0.15, -0.1) is 0 Å². The zero-order valence-electron chi connectivity index (χ0n) is 7.72. The van der Waals surface area contributed by atoms with E-state index in [1.165, 1.54) is 6.33 Å². The number of alkyl halides is 3. The maximum absolute atomic E-state index is 12.5. The molecule has 0 aliphatic heterocycles. The summed E-state index contributed by atoms with van der Waals surface area (Å²) in [5.41, 5.74) is -0.317. The third-order valence-corrected chi connectivity index (χ3v) is 2.54. The van der Waals surface area contributed by atoms with Gasteiger partial charge in [-0.2, -0.15) is 18.3 Å². The van der Waals surface area contributed by atoms with Gasteiger partial charge in [-0.3, -0.25) is 5.10 Å². The highest BCUT2D eigenvalue weighted by molar-refractivity contribution is 14.1. The zero-order chi connectivity index (χ0) is 11.8. The summed E-state index contributed by atoms with van der Waals surface area (Å²) in [6.07, 6.45) is -3.10. The van der Waals surface area contributed by atoms with Gasteiger partial charge in [-0.1, -0.05) is 0 Å². The van der Waals surface area contributed by atoms with Crippen LogP contribution in [0.4, 0.5) is 13.2 Å². The second-order valence-corrected chi connectivity index (χ2v) is 4.31. The average molecular weight is 339 g/mol. The van der Waals surface area contributed by atoms with Crippen LogP contribution >= 0.6 is 22.6 Å². The topological polar surface area (TPSA) is 41.6 Å². The molecule has 2 aromatic rings. The lowest BCUT2D eigenvalue weighted by Crippen LogP contribution is -2.05. The fourth-order valence-corrected chi connectivity index (χ4v) is 1.91. The van der Waals surface area contributed by atoms with Crippen molar-refractivity contribution in [2.45, 2.75) is 6.18 Å². The normalized spacial score (nSPS) is 11.8. The molecule has 1 aromatic heterocycles. The van der Waals surface area contributed by atoms with Crippen LogP contribution in [-0.2, 0) is 6.18 Å². The van der Waals surface area contributed by atoms with E-state index in [4.69, 9.17) is 0 Å². The molecular formula is C9H5F3IN3. The van der Waals surface area contributed by atoms with E-state index in [1.807, 2.05) is 22.6 Å². The fourth-order valence-electron chi connectivity index (χ4n) is 1.23. The van der Waals surface area contributed by atoms with E-state index in [0.29, 0.717) is 15.0 Å². The Hall–Kier alpha value is -1.12. The van der Waals surface area contributed by atoms with Gasteiger partial charge in [0.1, 0.15) is 6.33 Å². The van der Waals surface area contributed by atoms with Gasteiger partial charge in [0.05, 0.1) is 5.56 Å². The molecule has 1 N–H and O–H groups in total. The molecule has 3 nitrogen and oxygen atoms in total. The van der Waals surface area contributed by atoms with Crippen molar-refractivity contribution in [2.75, 3.05) is 0 Å². The number of rotatable bonds is 1. The van der Waals surface area contributed by atoms with Crippen LogP contribution in [0.5, 0.6) is 0 Å². The van der Waals surface area contributed by atoms with Crippen LogP contribution in [-0.4, -0.2) is 15.2 Å². The Kier molecular flexibility index (Phi) is 2.87. The van der Waals surface area contributed by atoms with Crippen molar-refractivity contribution in [2.24, 2.45) is 0 Å². The smallest absolute Gasteiger partial charge is 0.259 e. The van der Waals surface area contributed by atoms with E-state index < -0.39 is 11.7 Å². The fraction of sp³-hybridized carbons (Fsp3) is 0.111. The van der Waals surface area contributed by atoms with Gasteiger partial charge in [0, 0.05) is 9.13 Å². The van der Waals surface area contributed by atoms with Crippen molar-refractivity contribution in [3.63, 3.8) is 0 Å². The highest BCUT2D eigenvalue weighted by atomic mass is 127. The molecule has 2 rings (SSSR count). The first-order chi connectivity index (χ1) is 7.47. The summed E-state index contributed by atoms with van der Waals surface area (Å²) in [5.74, 6) is 0.323. The number of nitrogens with one attached hydrogen (secondary N) is 1. The highest BCUT2D eigenvalue weighted by Crippen LogP contribution is 2.32. The van der Waals surface area contributed by atoms with Crippen molar-refractivity contribution >= 4 is 22.6 Å². The molecule has 16 heavy (non-hydrogen) atoms. The molecule has 0 radical (unpaired) electrons. The van der Waals surface area contributed by atoms with Crippen LogP contribution in [0.1, 0.15) is 5.56 Å². The van der Waals surface area contributed by atoms with Gasteiger partial charge in [0.15, 0.2) is 5.82 Å². The van der Waals surface area contributed by atoms with E-state index in [9.17, 15) is 13.2 Å². The molecule has 0 saturated heterocycles. The summed E-state index contributed by atoms with van der Waals surface area (Å²) in [7, 11) is 0. The minimum absolute atomic E-state index is 0.323. The molecule has 0 bridgehead atoms. The molecule has 0 aliphatic rings. The van der Waals surface area contributed by atoms with Crippen LogP contribution in [0.3, 0.4) is 0 Å². The van der Waals surface area contributed by atoms with Gasteiger partial charge in [-0.25, -0.2) is 4.98 Å². The molecule has 0 aliphatic carbocycles. The van der Waals surface area contributed by atoms with E-state index in [2.05, 4.69) is 15.2 Å². The summed E-state index contributed by atoms with van der Waals surface area (Å²) in [5, 5.41) is 6.13. The van der Waals surface area contributed by atoms with Gasteiger partial charge < -0.3 is 0 Å². The van der Waals surface area contributed by atoms with Gasteiger partial charge in [0.2, 0.25) is 0 Å². The van der Waals surface area contributed by atoms with Crippen molar-refractivity contribution in [1.82, 2.24) is 15.2 Å². The maximum Gasteiger partial charge on any atom is 0.416 e. The first-order valence-corrected chi connectivity index (χ1v) is 5.28. The quantitative estimate of drug-likeness (QED) is 0.812. The van der Waals surface area contributed by atoms with Crippen LogP contribution in [0.15, 0.2) is 24.5 Å². The van der Waals surface area contributed by atoms with Gasteiger partial charge in [-0.05, 0) is 40.8 Å². The van der Waals surface area contributed by atoms with E-state index in [0.717, 1.165) is 12.1 Å². The molecule has 0 unspecified atom stereocenters. The molecular weight excluding hydrogens is 334 g/mol. The second kappa shape index (κ2) is 4.04. The first kappa shape index (κ1) is 11.4. The molecule has 0 amide bonds. The lowest BCUT2D eigenvalue weighted by Gasteiger charge is -2.08. The predicted molar refractivity (Wildman–Crippen MR) is 59.5 cm³/mol. The lowest BCUT2D eigenvalue weighted by molar-refractivity contribution is -0.137. The minimum Gasteiger partial charge on any atom is -0.259 e. The summed E-state index contributed by atoms with van der Waals surface area (Å²) < 4.78 is 38.1. The number of aromatic nitrogens is 3. The Morgan fingerprint density at radius 2 is 1.94 bits per heavy atom. The monoisotopic (exact) mass is 339 g/mol. The standard InChI is InChI=1S/C9H5F3IN3/c10-9(11,12)6-1-5(2-7(13)3-6)8-14-4-15-16-8/h1-4H,(H,14,15,16). The Labute approximate surface area is 102 Å². The number of nitrogens with zero attached hydrogens (tertiary/aromatic N) is 2. The molecule has 1 aromatic carbocycles. The molecule has 7 heteroatoms. The van der Waals surface area contributed by atoms with Crippen molar-refractivity contribution in [3.8, 4) is 11.4 Å². The molecule has 0 spiro atoms. The van der Waals surface area contributed by atoms with Gasteiger partial charge in [0.25, 0.3) is 0 Å². The first-order valence-electron chi connectivity index (χ1n) is 4.20. The SMILES string of the molecule is FC(F)(F)c1cc(I)cc(-c2ncn[nH]2)c1. The molecule has 1 heterocycles. The summed E-state index contributed by atoms with van der Waals surface area (Å²) in [6.45, 7) is 0. The summed E-state index contributed by atoms with van der Waals surface area (Å²) in [6, 6.07) is 3.74. The number of hydrogen-bond donors (Lipinski definition) is 1. The third-order valence-electron chi connectivity index (χ3n) is 1.91. The van der Waals surface area contributed by atoms with E-state index >= 15 is 0 Å². The van der Waals surface area contributed by atoms with Crippen LogP contribution in [0, 0.1) is 3.57 Å². The zero-order valence-corrected chi connectivity index (χ0v) is 9.87. The summed E-state index contributed by atoms with van der Waals surface area (Å²) in [4.78, 5) is 3.81. The Morgan fingerprint density at radius 1 is 1.19 bits per heavy atom. The number of halogens is 4. The second-order valence-electron chi connectivity index (χ2n) is 3.06. The van der Waals surface area contributed by atoms with E-state index in [-0.39, 0.29) is 0 Å². The molecule has 0 fully saturated rings. The Balaban J connectivity index is 2.53. The van der Waals surface area contributed by atoms with Crippen LogP contribution < -0.4 is 0 Å². The Bertz CT molecular complexity index is 493. The number of H-pyrrole nitrogens is 1. The molecule has 0 atom stereocenters. The van der Waals surface area contributed by atoms with Crippen molar-refractivity contribution in [1.29, 1.82) is 0 Å². The number of hydrogen-bond acceptors (Lipinski definition) is 2. The molecule has 0 saturated carbocycles. The van der Waals surface area contributed by atoms with Crippen LogP contribution in [0.2, 0.25) is 0 Å². The number of benzene rings is 1. The maximum atomic E-state index is 12.5. The summed E-state index contributed by atoms with van der Waals surface area (Å²) >= 11 is 1.83. The lowest BCUT2D eigenvalue weighted by atomic mass is 10.1. The van der Waals surface area contributed by atoms with Gasteiger partial charge >= 0.3 is 6.18 Å². The third kappa shape index (κ3) is 2.34. The van der Waals surface area contributed by atoms with Crippen molar-refractivity contribution in [3.05, 3.63) is 33.7 Å². The van der Waals surface area contributed by atoms with Crippen molar-refractivity contribution < 1.29 is 13.2 Å². The minimum atomic E-state index is -4.35. The number of aromatic amines is 1. The van der Waals surface area contributed by atoms with Crippen LogP contribution in [0.25, 0.3) is 11.4 Å². The Morgan fingerprint density at radius 3 is 2.50 bits per heavy atom. The predicted octanol–water partition coefficient (Wildman–Crippen LogP) is 3.10. The highest BCUT2D eigenvalue weighted by Gasteiger charge is 2.31.